The molecule has 2 rings (SSSR count). The zero-order chi connectivity index (χ0) is 14.4. The van der Waals surface area contributed by atoms with Crippen molar-refractivity contribution in [2.24, 2.45) is 0 Å². The second kappa shape index (κ2) is 4.45. The van der Waals surface area contributed by atoms with Crippen molar-refractivity contribution in [1.82, 2.24) is 4.90 Å². The van der Waals surface area contributed by atoms with Crippen molar-refractivity contribution in [2.75, 3.05) is 6.54 Å². The standard InChI is InChI=1S/C13H21NO5/c1-12(2,3)19-11(16)14-6-9-10(8(14)7-15)18-13(4,5)17-9/h7-10H,6H2,1-5H3. The summed E-state index contributed by atoms with van der Waals surface area (Å²) in [5.74, 6) is -0.712. The Balaban J connectivity index is 2.10. The van der Waals surface area contributed by atoms with Gasteiger partial charge in [-0.2, -0.15) is 0 Å². The van der Waals surface area contributed by atoms with Crippen molar-refractivity contribution >= 4 is 12.4 Å². The SMILES string of the molecule is CC(C)(C)OC(=O)N1CC2OC(C)(C)OC2C1C=O. The normalized spacial score (nSPS) is 33.1. The van der Waals surface area contributed by atoms with Crippen LogP contribution in [-0.4, -0.2) is 53.5 Å². The monoisotopic (exact) mass is 271 g/mol. The maximum Gasteiger partial charge on any atom is 0.411 e. The van der Waals surface area contributed by atoms with Crippen molar-refractivity contribution < 1.29 is 23.8 Å². The Morgan fingerprint density at radius 2 is 2.00 bits per heavy atom. The van der Waals surface area contributed by atoms with Gasteiger partial charge in [0.05, 0.1) is 6.54 Å². The van der Waals surface area contributed by atoms with Crippen LogP contribution in [0.4, 0.5) is 4.79 Å². The summed E-state index contributed by atoms with van der Waals surface area (Å²) < 4.78 is 16.7. The molecular formula is C13H21NO5. The lowest BCUT2D eigenvalue weighted by atomic mass is 10.1. The summed E-state index contributed by atoms with van der Waals surface area (Å²) in [6, 6.07) is -0.651. The van der Waals surface area contributed by atoms with E-state index in [1.54, 1.807) is 34.6 Å². The highest BCUT2D eigenvalue weighted by Crippen LogP contribution is 2.36. The highest BCUT2D eigenvalue weighted by atomic mass is 16.8. The first-order chi connectivity index (χ1) is 8.63. The number of carbonyl (C=O) groups is 2. The van der Waals surface area contributed by atoms with Gasteiger partial charge in [-0.15, -0.1) is 0 Å². The molecule has 2 aliphatic heterocycles. The number of hydrogen-bond acceptors (Lipinski definition) is 5. The summed E-state index contributed by atoms with van der Waals surface area (Å²) in [6.45, 7) is 9.26. The number of carbonyl (C=O) groups excluding carboxylic acids is 2. The van der Waals surface area contributed by atoms with Gasteiger partial charge >= 0.3 is 6.09 Å². The fourth-order valence-electron chi connectivity index (χ4n) is 2.45. The van der Waals surface area contributed by atoms with Crippen LogP contribution in [0.2, 0.25) is 0 Å². The Kier molecular flexibility index (Phi) is 3.35. The topological polar surface area (TPSA) is 65.1 Å². The number of ether oxygens (including phenoxy) is 3. The Hall–Kier alpha value is -1.14. The Bertz CT molecular complexity index is 387. The minimum absolute atomic E-state index is 0.280. The van der Waals surface area contributed by atoms with Crippen LogP contribution in [0.25, 0.3) is 0 Å². The number of nitrogens with zero attached hydrogens (tertiary/aromatic N) is 1. The van der Waals surface area contributed by atoms with E-state index in [0.29, 0.717) is 6.54 Å². The number of likely N-dealkylation sites (tertiary alicyclic amines) is 1. The van der Waals surface area contributed by atoms with Gasteiger partial charge in [-0.1, -0.05) is 0 Å². The van der Waals surface area contributed by atoms with E-state index in [1.807, 2.05) is 0 Å². The molecule has 0 aromatic heterocycles. The molecule has 0 saturated carbocycles. The average molecular weight is 271 g/mol. The summed E-state index contributed by atoms with van der Waals surface area (Å²) in [7, 11) is 0. The third-order valence-corrected chi connectivity index (χ3v) is 3.06. The van der Waals surface area contributed by atoms with E-state index in [2.05, 4.69) is 0 Å². The quantitative estimate of drug-likeness (QED) is 0.673. The van der Waals surface area contributed by atoms with Crippen molar-refractivity contribution in [3.05, 3.63) is 0 Å². The maximum absolute atomic E-state index is 12.1. The second-order valence-corrected chi connectivity index (χ2v) is 6.40. The third-order valence-electron chi connectivity index (χ3n) is 3.06. The molecule has 1 amide bonds. The van der Waals surface area contributed by atoms with Gasteiger partial charge in [0.25, 0.3) is 0 Å². The number of aldehydes is 1. The number of rotatable bonds is 1. The Morgan fingerprint density at radius 3 is 2.53 bits per heavy atom. The molecule has 0 bridgehead atoms. The zero-order valence-electron chi connectivity index (χ0n) is 12.0. The molecule has 6 heteroatoms. The minimum atomic E-state index is -0.712. The predicted octanol–water partition coefficient (Wildman–Crippen LogP) is 1.32. The van der Waals surface area contributed by atoms with Crippen LogP contribution < -0.4 is 0 Å². The number of fused-ring (bicyclic) bond motifs is 1. The highest BCUT2D eigenvalue weighted by Gasteiger charge is 2.54. The van der Waals surface area contributed by atoms with Crippen molar-refractivity contribution in [3.8, 4) is 0 Å². The maximum atomic E-state index is 12.1. The molecule has 108 valence electrons. The highest BCUT2D eigenvalue weighted by molar-refractivity contribution is 5.75. The molecule has 0 radical (unpaired) electrons. The van der Waals surface area contributed by atoms with Gasteiger partial charge < -0.3 is 19.0 Å². The van der Waals surface area contributed by atoms with Crippen molar-refractivity contribution in [1.29, 1.82) is 0 Å². The second-order valence-electron chi connectivity index (χ2n) is 6.40. The van der Waals surface area contributed by atoms with Crippen LogP contribution in [-0.2, 0) is 19.0 Å². The van der Waals surface area contributed by atoms with Crippen LogP contribution in [0.3, 0.4) is 0 Å². The van der Waals surface area contributed by atoms with Crippen molar-refractivity contribution in [3.63, 3.8) is 0 Å². The fourth-order valence-corrected chi connectivity index (χ4v) is 2.45. The summed E-state index contributed by atoms with van der Waals surface area (Å²) in [6.07, 6.45) is -0.485. The molecule has 19 heavy (non-hydrogen) atoms. The van der Waals surface area contributed by atoms with Crippen molar-refractivity contribution in [2.45, 2.75) is 64.3 Å². The van der Waals surface area contributed by atoms with E-state index >= 15 is 0 Å². The van der Waals surface area contributed by atoms with E-state index < -0.39 is 29.6 Å². The molecular weight excluding hydrogens is 250 g/mol. The van der Waals surface area contributed by atoms with Gasteiger partial charge in [-0.05, 0) is 34.6 Å². The van der Waals surface area contributed by atoms with E-state index in [1.165, 1.54) is 4.90 Å². The molecule has 2 heterocycles. The van der Waals surface area contributed by atoms with Gasteiger partial charge in [0.15, 0.2) is 5.79 Å². The van der Waals surface area contributed by atoms with Crippen LogP contribution in [0, 0.1) is 0 Å². The summed E-state index contributed by atoms with van der Waals surface area (Å²) in [5.41, 5.74) is -0.594. The van der Waals surface area contributed by atoms with Crippen LogP contribution in [0.5, 0.6) is 0 Å². The largest absolute Gasteiger partial charge is 0.444 e. The number of amides is 1. The van der Waals surface area contributed by atoms with Gasteiger partial charge in [-0.25, -0.2) is 4.79 Å². The number of hydrogen-bond donors (Lipinski definition) is 0. The Morgan fingerprint density at radius 1 is 1.37 bits per heavy atom. The lowest BCUT2D eigenvalue weighted by Gasteiger charge is -2.29. The molecule has 3 unspecified atom stereocenters. The summed E-state index contributed by atoms with van der Waals surface area (Å²) in [4.78, 5) is 24.7. The molecule has 3 atom stereocenters. The lowest BCUT2D eigenvalue weighted by molar-refractivity contribution is -0.161. The van der Waals surface area contributed by atoms with Gasteiger partial charge in [-0.3, -0.25) is 4.90 Å². The fraction of sp³-hybridized carbons (Fsp3) is 0.846. The molecule has 6 nitrogen and oxygen atoms in total. The summed E-state index contributed by atoms with van der Waals surface area (Å²) in [5, 5.41) is 0. The van der Waals surface area contributed by atoms with Crippen LogP contribution in [0.1, 0.15) is 34.6 Å². The first-order valence-electron chi connectivity index (χ1n) is 6.43. The lowest BCUT2D eigenvalue weighted by Crippen LogP contribution is -2.45. The molecule has 0 aliphatic carbocycles. The first kappa shape index (κ1) is 14.3. The van der Waals surface area contributed by atoms with Gasteiger partial charge in [0.1, 0.15) is 30.1 Å². The zero-order valence-corrected chi connectivity index (χ0v) is 12.0. The van der Waals surface area contributed by atoms with Gasteiger partial charge in [0, 0.05) is 0 Å². The first-order valence-corrected chi connectivity index (χ1v) is 6.43. The smallest absolute Gasteiger partial charge is 0.411 e. The van der Waals surface area contributed by atoms with Gasteiger partial charge in [0.2, 0.25) is 0 Å². The van der Waals surface area contributed by atoms with E-state index in [4.69, 9.17) is 14.2 Å². The summed E-state index contributed by atoms with van der Waals surface area (Å²) >= 11 is 0. The molecule has 2 saturated heterocycles. The average Bonchev–Trinajstić information content (AvgIpc) is 2.66. The van der Waals surface area contributed by atoms with E-state index in [-0.39, 0.29) is 6.10 Å². The molecule has 0 aromatic rings. The molecule has 2 fully saturated rings. The molecule has 2 aliphatic rings. The minimum Gasteiger partial charge on any atom is -0.444 e. The van der Waals surface area contributed by atoms with E-state index in [9.17, 15) is 9.59 Å². The predicted molar refractivity (Wildman–Crippen MR) is 66.6 cm³/mol. The molecule has 0 aromatic carbocycles. The van der Waals surface area contributed by atoms with E-state index in [0.717, 1.165) is 6.29 Å². The van der Waals surface area contributed by atoms with Crippen LogP contribution in [0.15, 0.2) is 0 Å². The Labute approximate surface area is 113 Å². The molecule has 0 spiro atoms. The third kappa shape index (κ3) is 2.90. The van der Waals surface area contributed by atoms with Crippen LogP contribution >= 0.6 is 0 Å². The molecule has 0 N–H and O–H groups in total.